The molecule has 0 amide bonds. The minimum atomic E-state index is 0.0252. The topological polar surface area (TPSA) is 99.1 Å². The van der Waals surface area contributed by atoms with Crippen LogP contribution in [0.1, 0.15) is 19.5 Å². The second-order valence-corrected chi connectivity index (χ2v) is 5.63. The number of nitrogen functional groups attached to an aromatic ring is 1. The Morgan fingerprint density at radius 3 is 2.62 bits per heavy atom. The molecule has 0 saturated carbocycles. The Labute approximate surface area is 139 Å². The Bertz CT molecular complexity index is 827. The second-order valence-electron chi connectivity index (χ2n) is 5.63. The highest BCUT2D eigenvalue weighted by Gasteiger charge is 2.16. The van der Waals surface area contributed by atoms with Crippen LogP contribution in [0.2, 0.25) is 0 Å². The molecule has 0 aliphatic rings. The lowest BCUT2D eigenvalue weighted by atomic mass is 10.1. The van der Waals surface area contributed by atoms with Gasteiger partial charge in [0.2, 0.25) is 5.88 Å². The van der Waals surface area contributed by atoms with Gasteiger partial charge in [0.05, 0.1) is 18.5 Å². The number of hydrogen-bond donors (Lipinski definition) is 2. The molecule has 24 heavy (non-hydrogen) atoms. The molecule has 3 N–H and O–H groups in total. The van der Waals surface area contributed by atoms with Gasteiger partial charge < -0.3 is 20.3 Å². The third-order valence-electron chi connectivity index (χ3n) is 3.26. The van der Waals surface area contributed by atoms with Crippen molar-refractivity contribution in [3.63, 3.8) is 0 Å². The molecule has 124 valence electrons. The van der Waals surface area contributed by atoms with Gasteiger partial charge in [-0.25, -0.2) is 0 Å². The maximum atomic E-state index is 5.73. The second kappa shape index (κ2) is 6.57. The molecule has 0 saturated heterocycles. The predicted octanol–water partition coefficient (Wildman–Crippen LogP) is 3.55. The predicted molar refractivity (Wildman–Crippen MR) is 92.2 cm³/mol. The molecule has 0 radical (unpaired) electrons. The lowest BCUT2D eigenvalue weighted by molar-refractivity contribution is 0.232. The first-order chi connectivity index (χ1) is 11.5. The molecular formula is C17H19N5O2. The van der Waals surface area contributed by atoms with Crippen molar-refractivity contribution in [1.82, 2.24) is 15.1 Å². The number of rotatable bonds is 5. The quantitative estimate of drug-likeness (QED) is 0.692. The molecular weight excluding hydrogens is 306 g/mol. The molecule has 7 nitrogen and oxygen atoms in total. The zero-order valence-electron chi connectivity index (χ0n) is 13.8. The maximum absolute atomic E-state index is 5.73. The van der Waals surface area contributed by atoms with Crippen LogP contribution in [0.3, 0.4) is 0 Å². The number of nitrogens with one attached hydrogen (secondary N) is 1. The molecule has 0 aliphatic carbocycles. The van der Waals surface area contributed by atoms with Gasteiger partial charge in [0.25, 0.3) is 0 Å². The van der Waals surface area contributed by atoms with Crippen LogP contribution in [-0.2, 0) is 0 Å². The van der Waals surface area contributed by atoms with Crippen LogP contribution in [0.25, 0.3) is 11.3 Å². The minimum absolute atomic E-state index is 0.0252. The molecule has 3 rings (SSSR count). The van der Waals surface area contributed by atoms with E-state index >= 15 is 0 Å². The molecule has 2 heterocycles. The van der Waals surface area contributed by atoms with Gasteiger partial charge in [-0.1, -0.05) is 5.16 Å². The highest BCUT2D eigenvalue weighted by molar-refractivity contribution is 5.78. The Hall–Kier alpha value is -3.09. The Morgan fingerprint density at radius 2 is 1.92 bits per heavy atom. The van der Waals surface area contributed by atoms with Gasteiger partial charge in [0.1, 0.15) is 11.4 Å². The van der Waals surface area contributed by atoms with Gasteiger partial charge in [0, 0.05) is 11.3 Å². The van der Waals surface area contributed by atoms with E-state index in [1.54, 1.807) is 12.4 Å². The molecule has 0 bridgehead atoms. The first-order valence-electron chi connectivity index (χ1n) is 7.61. The van der Waals surface area contributed by atoms with Gasteiger partial charge in [-0.05, 0) is 45.0 Å². The van der Waals surface area contributed by atoms with E-state index in [1.807, 2.05) is 45.0 Å². The molecule has 0 unspecified atom stereocenters. The average molecular weight is 325 g/mol. The summed E-state index contributed by atoms with van der Waals surface area (Å²) in [5.41, 5.74) is 8.75. The van der Waals surface area contributed by atoms with Crippen LogP contribution in [0.5, 0.6) is 5.88 Å². The third kappa shape index (κ3) is 3.45. The number of hydrogen-bond acceptors (Lipinski definition) is 7. The molecule has 7 heteroatoms. The van der Waals surface area contributed by atoms with E-state index in [1.165, 1.54) is 0 Å². The van der Waals surface area contributed by atoms with Crippen molar-refractivity contribution in [2.24, 2.45) is 0 Å². The fraction of sp³-hybridized carbons (Fsp3) is 0.235. The smallest absolute Gasteiger partial charge is 0.234 e. The van der Waals surface area contributed by atoms with E-state index in [0.717, 1.165) is 16.9 Å². The maximum Gasteiger partial charge on any atom is 0.234 e. The van der Waals surface area contributed by atoms with Crippen molar-refractivity contribution in [3.05, 3.63) is 42.4 Å². The Balaban J connectivity index is 1.91. The van der Waals surface area contributed by atoms with Gasteiger partial charge in [-0.3, -0.25) is 4.98 Å². The number of aryl methyl sites for hydroxylation is 1. The van der Waals surface area contributed by atoms with Crippen LogP contribution in [0.15, 0.2) is 41.2 Å². The molecule has 2 aromatic heterocycles. The van der Waals surface area contributed by atoms with E-state index in [4.69, 9.17) is 15.0 Å². The third-order valence-corrected chi connectivity index (χ3v) is 3.26. The molecule has 0 aliphatic heterocycles. The number of nitrogens with zero attached hydrogens (tertiary/aromatic N) is 3. The highest BCUT2D eigenvalue weighted by atomic mass is 16.5. The van der Waals surface area contributed by atoms with Crippen molar-refractivity contribution in [3.8, 4) is 17.2 Å². The van der Waals surface area contributed by atoms with Crippen molar-refractivity contribution in [2.45, 2.75) is 26.9 Å². The summed E-state index contributed by atoms with van der Waals surface area (Å²) in [6, 6.07) is 7.39. The van der Waals surface area contributed by atoms with Crippen molar-refractivity contribution < 1.29 is 9.26 Å². The van der Waals surface area contributed by atoms with Crippen LogP contribution in [0, 0.1) is 6.92 Å². The van der Waals surface area contributed by atoms with Gasteiger partial charge in [0.15, 0.2) is 11.6 Å². The normalized spacial score (nSPS) is 10.8. The standard InChI is InChI=1S/C17H19N5O2/c1-10(2)23-15-9-19-8-14(20-15)21-16-11(3)22-24-17(16)12-4-6-13(18)7-5-12/h4-10H,18H2,1-3H3,(H,20,21). The number of anilines is 3. The van der Waals surface area contributed by atoms with Crippen LogP contribution >= 0.6 is 0 Å². The Kier molecular flexibility index (Phi) is 4.33. The fourth-order valence-electron chi connectivity index (χ4n) is 2.18. The van der Waals surface area contributed by atoms with Crippen LogP contribution < -0.4 is 15.8 Å². The monoisotopic (exact) mass is 325 g/mol. The number of aromatic nitrogens is 3. The number of nitrogens with two attached hydrogens (primary N) is 1. The highest BCUT2D eigenvalue weighted by Crippen LogP contribution is 2.33. The summed E-state index contributed by atoms with van der Waals surface area (Å²) in [7, 11) is 0. The first-order valence-corrected chi connectivity index (χ1v) is 7.61. The van der Waals surface area contributed by atoms with Crippen molar-refractivity contribution >= 4 is 17.2 Å². The van der Waals surface area contributed by atoms with E-state index < -0.39 is 0 Å². The lowest BCUT2D eigenvalue weighted by Crippen LogP contribution is -2.08. The molecule has 0 fully saturated rings. The van der Waals surface area contributed by atoms with E-state index in [2.05, 4.69) is 20.4 Å². The zero-order chi connectivity index (χ0) is 17.1. The Morgan fingerprint density at radius 1 is 1.17 bits per heavy atom. The summed E-state index contributed by atoms with van der Waals surface area (Å²) in [5.74, 6) is 1.62. The fourth-order valence-corrected chi connectivity index (χ4v) is 2.18. The van der Waals surface area contributed by atoms with E-state index in [-0.39, 0.29) is 6.10 Å². The molecule has 0 atom stereocenters. The number of benzene rings is 1. The largest absolute Gasteiger partial charge is 0.474 e. The summed E-state index contributed by atoms with van der Waals surface area (Å²) < 4.78 is 11.0. The summed E-state index contributed by atoms with van der Waals surface area (Å²) >= 11 is 0. The average Bonchev–Trinajstić information content (AvgIpc) is 2.89. The van der Waals surface area contributed by atoms with Crippen molar-refractivity contribution in [1.29, 1.82) is 0 Å². The minimum Gasteiger partial charge on any atom is -0.474 e. The molecule has 1 aromatic carbocycles. The van der Waals surface area contributed by atoms with Gasteiger partial charge in [-0.15, -0.1) is 0 Å². The summed E-state index contributed by atoms with van der Waals surface area (Å²) in [4.78, 5) is 8.54. The van der Waals surface area contributed by atoms with Crippen LogP contribution in [-0.4, -0.2) is 21.2 Å². The first kappa shape index (κ1) is 15.8. The van der Waals surface area contributed by atoms with Gasteiger partial charge >= 0.3 is 0 Å². The molecule has 0 spiro atoms. The lowest BCUT2D eigenvalue weighted by Gasteiger charge is -2.10. The summed E-state index contributed by atoms with van der Waals surface area (Å²) in [5, 5.41) is 7.24. The number of ether oxygens (including phenoxy) is 1. The van der Waals surface area contributed by atoms with Gasteiger partial charge in [-0.2, -0.15) is 4.98 Å². The summed E-state index contributed by atoms with van der Waals surface area (Å²) in [6.07, 6.45) is 3.22. The van der Waals surface area contributed by atoms with Crippen LogP contribution in [0.4, 0.5) is 17.2 Å². The van der Waals surface area contributed by atoms with E-state index in [0.29, 0.717) is 23.1 Å². The SMILES string of the molecule is Cc1noc(-c2ccc(N)cc2)c1Nc1cncc(OC(C)C)n1. The van der Waals surface area contributed by atoms with Crippen molar-refractivity contribution in [2.75, 3.05) is 11.1 Å². The summed E-state index contributed by atoms with van der Waals surface area (Å²) in [6.45, 7) is 5.73. The molecule has 3 aromatic rings. The zero-order valence-corrected chi connectivity index (χ0v) is 13.8. The van der Waals surface area contributed by atoms with E-state index in [9.17, 15) is 0 Å².